The monoisotopic (exact) mass is 674 g/mol. The van der Waals surface area contributed by atoms with Gasteiger partial charge in [0.2, 0.25) is 17.7 Å². The summed E-state index contributed by atoms with van der Waals surface area (Å²) in [4.78, 5) is 51.4. The molecular formula is C36H52F2N4O6. The molecule has 5 N–H and O–H groups in total. The van der Waals surface area contributed by atoms with Crippen LogP contribution in [0.4, 0.5) is 8.78 Å². The van der Waals surface area contributed by atoms with Gasteiger partial charge >= 0.3 is 0 Å². The molecule has 2 aromatic rings. The standard InChI is InChI=1S/C36H52F2N4O6/c1-34(2,3)32(46)41-26(17-24-16-25(37)14-15-27(24)38)18-29(43)39-21-36(7,8)22-40-31(45)30(44)28(42-33(47)35(4,5)6)20-48-19-23-12-10-9-11-13-23/h9-16,26,28,30,44H,17-22H2,1-8H3,(H,39,43)(H,40,45)(H,41,46)(H,42,47)/t26?,28-,30+/m1/s1. The molecule has 0 aromatic heterocycles. The SMILES string of the molecule is CC(C)(CNC(=O)CC(Cc1cc(F)ccc1F)NC(=O)C(C)(C)C)CNC(=O)[C@@H](O)[C@@H](COCc1ccccc1)NC(=O)C(C)(C)C. The van der Waals surface area contributed by atoms with E-state index in [0.717, 1.165) is 23.8 Å². The number of hydrogen-bond acceptors (Lipinski definition) is 6. The maximum absolute atomic E-state index is 14.4. The Balaban J connectivity index is 2.00. The van der Waals surface area contributed by atoms with Gasteiger partial charge in [0.15, 0.2) is 6.10 Å². The lowest BCUT2D eigenvalue weighted by Gasteiger charge is -2.30. The fourth-order valence-electron chi connectivity index (χ4n) is 4.33. The van der Waals surface area contributed by atoms with Gasteiger partial charge in [0.1, 0.15) is 11.6 Å². The maximum atomic E-state index is 14.4. The molecule has 0 aliphatic rings. The Kier molecular flexibility index (Phi) is 14.7. The van der Waals surface area contributed by atoms with Crippen molar-refractivity contribution in [3.05, 3.63) is 71.3 Å². The molecule has 1 unspecified atom stereocenters. The Labute approximate surface area is 282 Å². The molecule has 0 fully saturated rings. The molecule has 0 radical (unpaired) electrons. The Hall–Kier alpha value is -3.90. The summed E-state index contributed by atoms with van der Waals surface area (Å²) in [6.45, 7) is 14.1. The first kappa shape index (κ1) is 40.3. The van der Waals surface area contributed by atoms with E-state index in [9.17, 15) is 33.1 Å². The van der Waals surface area contributed by atoms with Gasteiger partial charge in [0.05, 0.1) is 19.3 Å². The summed E-state index contributed by atoms with van der Waals surface area (Å²) in [6.07, 6.45) is -1.91. The second kappa shape index (κ2) is 17.5. The van der Waals surface area contributed by atoms with Crippen LogP contribution >= 0.6 is 0 Å². The van der Waals surface area contributed by atoms with Crippen LogP contribution < -0.4 is 21.3 Å². The third-order valence-corrected chi connectivity index (χ3v) is 7.48. The number of benzene rings is 2. The summed E-state index contributed by atoms with van der Waals surface area (Å²) < 4.78 is 33.9. The molecule has 0 aliphatic carbocycles. The van der Waals surface area contributed by atoms with Gasteiger partial charge in [-0.05, 0) is 41.2 Å². The quantitative estimate of drug-likeness (QED) is 0.183. The average Bonchev–Trinajstić information content (AvgIpc) is 2.99. The largest absolute Gasteiger partial charge is 0.381 e. The van der Waals surface area contributed by atoms with E-state index in [1.165, 1.54) is 0 Å². The van der Waals surface area contributed by atoms with Crippen molar-refractivity contribution in [3.8, 4) is 0 Å². The van der Waals surface area contributed by atoms with E-state index in [1.807, 2.05) is 30.3 Å². The molecule has 3 atom stereocenters. The number of aliphatic hydroxyl groups excluding tert-OH is 1. The Morgan fingerprint density at radius 1 is 0.812 bits per heavy atom. The van der Waals surface area contributed by atoms with Crippen molar-refractivity contribution in [1.82, 2.24) is 21.3 Å². The highest BCUT2D eigenvalue weighted by Crippen LogP contribution is 2.18. The van der Waals surface area contributed by atoms with E-state index in [1.54, 1.807) is 55.4 Å². The number of nitrogens with one attached hydrogen (secondary N) is 4. The van der Waals surface area contributed by atoms with Crippen LogP contribution in [0.25, 0.3) is 0 Å². The number of amides is 4. The highest BCUT2D eigenvalue weighted by atomic mass is 19.1. The molecule has 0 saturated carbocycles. The number of halogens is 2. The fourth-order valence-corrected chi connectivity index (χ4v) is 4.33. The summed E-state index contributed by atoms with van der Waals surface area (Å²) in [5, 5.41) is 21.9. The van der Waals surface area contributed by atoms with E-state index >= 15 is 0 Å². The minimum absolute atomic E-state index is 0.0334. The smallest absolute Gasteiger partial charge is 0.251 e. The highest BCUT2D eigenvalue weighted by Gasteiger charge is 2.33. The van der Waals surface area contributed by atoms with Gasteiger partial charge in [-0.2, -0.15) is 0 Å². The molecule has 0 heterocycles. The molecule has 0 aliphatic heterocycles. The molecular weight excluding hydrogens is 622 g/mol. The topological polar surface area (TPSA) is 146 Å². The molecule has 10 nitrogen and oxygen atoms in total. The van der Waals surface area contributed by atoms with Gasteiger partial charge in [0, 0.05) is 36.4 Å². The van der Waals surface area contributed by atoms with Crippen LogP contribution in [-0.4, -0.2) is 66.6 Å². The molecule has 0 saturated heterocycles. The third kappa shape index (κ3) is 14.1. The minimum Gasteiger partial charge on any atom is -0.381 e. The van der Waals surface area contributed by atoms with Gasteiger partial charge in [-0.25, -0.2) is 8.78 Å². The zero-order valence-corrected chi connectivity index (χ0v) is 29.3. The first-order valence-electron chi connectivity index (χ1n) is 16.1. The second-order valence-electron chi connectivity index (χ2n) is 15.0. The normalized spacial score (nSPS) is 14.0. The minimum atomic E-state index is -1.62. The molecule has 12 heteroatoms. The zero-order chi connectivity index (χ0) is 36.3. The third-order valence-electron chi connectivity index (χ3n) is 7.48. The van der Waals surface area contributed by atoms with Crippen LogP contribution in [0.5, 0.6) is 0 Å². The zero-order valence-electron chi connectivity index (χ0n) is 29.3. The average molecular weight is 675 g/mol. The Bertz CT molecular complexity index is 1390. The van der Waals surface area contributed by atoms with E-state index in [-0.39, 0.29) is 56.5 Å². The number of ether oxygens (including phenoxy) is 1. The van der Waals surface area contributed by atoms with Gasteiger partial charge in [-0.15, -0.1) is 0 Å². The van der Waals surface area contributed by atoms with Gasteiger partial charge < -0.3 is 31.1 Å². The molecule has 2 aromatic carbocycles. The predicted octanol–water partition coefficient (Wildman–Crippen LogP) is 3.80. The Morgan fingerprint density at radius 3 is 2.00 bits per heavy atom. The van der Waals surface area contributed by atoms with Gasteiger partial charge in [-0.1, -0.05) is 85.7 Å². The predicted molar refractivity (Wildman–Crippen MR) is 179 cm³/mol. The number of carbonyl (C=O) groups excluding carboxylic acids is 4. The molecule has 0 spiro atoms. The summed E-state index contributed by atoms with van der Waals surface area (Å²) >= 11 is 0. The van der Waals surface area contributed by atoms with Crippen LogP contribution in [0.2, 0.25) is 0 Å². The van der Waals surface area contributed by atoms with E-state index in [0.29, 0.717) is 0 Å². The van der Waals surface area contributed by atoms with Crippen LogP contribution in [-0.2, 0) is 36.9 Å². The van der Waals surface area contributed by atoms with Crippen molar-refractivity contribution in [2.75, 3.05) is 19.7 Å². The summed E-state index contributed by atoms with van der Waals surface area (Å²) in [5.74, 6) is -3.14. The van der Waals surface area contributed by atoms with Crippen LogP contribution in [0.3, 0.4) is 0 Å². The Morgan fingerprint density at radius 2 is 1.40 bits per heavy atom. The van der Waals surface area contributed by atoms with Crippen molar-refractivity contribution in [2.45, 2.75) is 93.0 Å². The number of carbonyl (C=O) groups is 4. The number of hydrogen-bond donors (Lipinski definition) is 5. The van der Waals surface area contributed by atoms with E-state index < -0.39 is 57.9 Å². The highest BCUT2D eigenvalue weighted by molar-refractivity contribution is 5.85. The lowest BCUT2D eigenvalue weighted by Crippen LogP contribution is -2.56. The van der Waals surface area contributed by atoms with Crippen molar-refractivity contribution < 1.29 is 37.8 Å². The molecule has 2 rings (SSSR count). The first-order valence-corrected chi connectivity index (χ1v) is 16.1. The lowest BCUT2D eigenvalue weighted by atomic mass is 9.92. The molecule has 0 bridgehead atoms. The van der Waals surface area contributed by atoms with Crippen LogP contribution in [0.1, 0.15) is 72.9 Å². The molecule has 48 heavy (non-hydrogen) atoms. The summed E-state index contributed by atoms with van der Waals surface area (Å²) in [5.41, 5.74) is -1.30. The fraction of sp³-hybridized carbons (Fsp3) is 0.556. The van der Waals surface area contributed by atoms with E-state index in [2.05, 4.69) is 21.3 Å². The molecule has 4 amide bonds. The van der Waals surface area contributed by atoms with Crippen molar-refractivity contribution in [3.63, 3.8) is 0 Å². The number of aliphatic hydroxyl groups is 1. The van der Waals surface area contributed by atoms with Crippen molar-refractivity contribution in [2.24, 2.45) is 16.2 Å². The van der Waals surface area contributed by atoms with Crippen LogP contribution in [0, 0.1) is 27.9 Å². The van der Waals surface area contributed by atoms with Gasteiger partial charge in [0.25, 0.3) is 5.91 Å². The summed E-state index contributed by atoms with van der Waals surface area (Å²) in [7, 11) is 0. The first-order chi connectivity index (χ1) is 22.2. The van der Waals surface area contributed by atoms with E-state index in [4.69, 9.17) is 4.74 Å². The summed E-state index contributed by atoms with van der Waals surface area (Å²) in [6, 6.07) is 10.6. The van der Waals surface area contributed by atoms with Crippen LogP contribution in [0.15, 0.2) is 48.5 Å². The van der Waals surface area contributed by atoms with Crippen molar-refractivity contribution in [1.29, 1.82) is 0 Å². The maximum Gasteiger partial charge on any atom is 0.251 e. The molecule has 266 valence electrons. The lowest BCUT2D eigenvalue weighted by molar-refractivity contribution is -0.136. The second-order valence-corrected chi connectivity index (χ2v) is 15.0. The van der Waals surface area contributed by atoms with Crippen molar-refractivity contribution >= 4 is 23.6 Å². The van der Waals surface area contributed by atoms with Gasteiger partial charge in [-0.3, -0.25) is 19.2 Å². The number of rotatable bonds is 16.